The second-order valence-electron chi connectivity index (χ2n) is 4.34. The normalized spacial score (nSPS) is 11.1. The zero-order valence-corrected chi connectivity index (χ0v) is 11.8. The van der Waals surface area contributed by atoms with E-state index >= 15 is 0 Å². The SMILES string of the molecule is Cc1ccc(S(=O)(=O)C(=O)OCc2ccccc2)cc1. The van der Waals surface area contributed by atoms with Gasteiger partial charge in [0.1, 0.15) is 6.61 Å². The molecule has 2 aromatic rings. The molecule has 104 valence electrons. The summed E-state index contributed by atoms with van der Waals surface area (Å²) >= 11 is 0. The molecule has 0 radical (unpaired) electrons. The molecular weight excluding hydrogens is 276 g/mol. The fraction of sp³-hybridized carbons (Fsp3) is 0.133. The fourth-order valence-corrected chi connectivity index (χ4v) is 2.51. The van der Waals surface area contributed by atoms with Crippen LogP contribution in [0.5, 0.6) is 0 Å². The molecule has 0 aliphatic heterocycles. The third-order valence-electron chi connectivity index (χ3n) is 2.75. The van der Waals surface area contributed by atoms with Crippen LogP contribution in [0.3, 0.4) is 0 Å². The number of aryl methyl sites for hydroxylation is 1. The second-order valence-corrected chi connectivity index (χ2v) is 6.15. The van der Waals surface area contributed by atoms with Crippen molar-refractivity contribution in [2.45, 2.75) is 18.4 Å². The molecule has 0 saturated heterocycles. The molecule has 0 amide bonds. The van der Waals surface area contributed by atoms with Crippen molar-refractivity contribution in [2.24, 2.45) is 0 Å². The Morgan fingerprint density at radius 2 is 1.60 bits per heavy atom. The van der Waals surface area contributed by atoms with Gasteiger partial charge in [0.25, 0.3) is 9.84 Å². The lowest BCUT2D eigenvalue weighted by Crippen LogP contribution is -2.16. The maximum Gasteiger partial charge on any atom is 0.429 e. The maximum absolute atomic E-state index is 12.0. The number of hydrogen-bond acceptors (Lipinski definition) is 4. The van der Waals surface area contributed by atoms with Crippen molar-refractivity contribution in [3.63, 3.8) is 0 Å². The second kappa shape index (κ2) is 5.88. The van der Waals surface area contributed by atoms with Crippen LogP contribution in [0.1, 0.15) is 11.1 Å². The van der Waals surface area contributed by atoms with E-state index in [2.05, 4.69) is 0 Å². The van der Waals surface area contributed by atoms with E-state index in [0.29, 0.717) is 0 Å². The van der Waals surface area contributed by atoms with E-state index in [1.165, 1.54) is 12.1 Å². The van der Waals surface area contributed by atoms with Crippen molar-refractivity contribution >= 4 is 15.1 Å². The van der Waals surface area contributed by atoms with Crippen molar-refractivity contribution in [1.29, 1.82) is 0 Å². The minimum absolute atomic E-state index is 0.0545. The van der Waals surface area contributed by atoms with Crippen LogP contribution in [0.4, 0.5) is 4.79 Å². The largest absolute Gasteiger partial charge is 0.449 e. The van der Waals surface area contributed by atoms with Crippen LogP contribution in [0.25, 0.3) is 0 Å². The Hall–Kier alpha value is -2.14. The Balaban J connectivity index is 2.10. The van der Waals surface area contributed by atoms with E-state index in [-0.39, 0.29) is 11.5 Å². The molecule has 0 N–H and O–H groups in total. The first kappa shape index (κ1) is 14.3. The van der Waals surface area contributed by atoms with Crippen molar-refractivity contribution < 1.29 is 17.9 Å². The number of carbonyl (C=O) groups excluding carboxylic acids is 1. The van der Waals surface area contributed by atoms with Crippen LogP contribution >= 0.6 is 0 Å². The molecule has 0 aliphatic carbocycles. The molecule has 20 heavy (non-hydrogen) atoms. The Morgan fingerprint density at radius 1 is 1.00 bits per heavy atom. The lowest BCUT2D eigenvalue weighted by molar-refractivity contribution is 0.166. The summed E-state index contributed by atoms with van der Waals surface area (Å²) < 4.78 is 28.8. The first-order chi connectivity index (χ1) is 9.50. The number of benzene rings is 2. The highest BCUT2D eigenvalue weighted by molar-refractivity contribution is 8.05. The van der Waals surface area contributed by atoms with Gasteiger partial charge < -0.3 is 4.74 Å². The maximum atomic E-state index is 12.0. The zero-order chi connectivity index (χ0) is 14.6. The Bertz CT molecular complexity index is 688. The van der Waals surface area contributed by atoms with Crippen LogP contribution in [0.2, 0.25) is 0 Å². The van der Waals surface area contributed by atoms with Crippen molar-refractivity contribution in [3.8, 4) is 0 Å². The number of sulfone groups is 1. The van der Waals surface area contributed by atoms with Gasteiger partial charge in [-0.3, -0.25) is 0 Å². The highest BCUT2D eigenvalue weighted by Crippen LogP contribution is 2.15. The highest BCUT2D eigenvalue weighted by Gasteiger charge is 2.26. The van der Waals surface area contributed by atoms with E-state index < -0.39 is 15.1 Å². The molecule has 0 atom stereocenters. The van der Waals surface area contributed by atoms with Crippen LogP contribution in [0, 0.1) is 6.92 Å². The van der Waals surface area contributed by atoms with E-state index in [1.807, 2.05) is 13.0 Å². The number of ether oxygens (including phenoxy) is 1. The molecule has 0 spiro atoms. The van der Waals surface area contributed by atoms with Crippen LogP contribution < -0.4 is 0 Å². The minimum Gasteiger partial charge on any atom is -0.449 e. The number of hydrogen-bond donors (Lipinski definition) is 0. The average molecular weight is 290 g/mol. The molecule has 2 aromatic carbocycles. The van der Waals surface area contributed by atoms with Crippen LogP contribution in [-0.4, -0.2) is 13.7 Å². The van der Waals surface area contributed by atoms with E-state index in [4.69, 9.17) is 4.74 Å². The van der Waals surface area contributed by atoms with Gasteiger partial charge in [-0.2, -0.15) is 0 Å². The van der Waals surface area contributed by atoms with Gasteiger partial charge >= 0.3 is 5.30 Å². The summed E-state index contributed by atoms with van der Waals surface area (Å²) in [4.78, 5) is 11.7. The van der Waals surface area contributed by atoms with Gasteiger partial charge in [0.15, 0.2) is 0 Å². The topological polar surface area (TPSA) is 60.4 Å². The first-order valence-corrected chi connectivity index (χ1v) is 7.51. The van der Waals surface area contributed by atoms with Gasteiger partial charge in [0, 0.05) is 0 Å². The molecule has 0 fully saturated rings. The molecule has 0 saturated carbocycles. The Labute approximate surface area is 117 Å². The predicted molar refractivity (Wildman–Crippen MR) is 75.0 cm³/mol. The van der Waals surface area contributed by atoms with Gasteiger partial charge in [-0.25, -0.2) is 13.2 Å². The van der Waals surface area contributed by atoms with Crippen molar-refractivity contribution in [3.05, 3.63) is 65.7 Å². The lowest BCUT2D eigenvalue weighted by Gasteiger charge is -2.06. The molecule has 2 rings (SSSR count). The molecule has 5 heteroatoms. The van der Waals surface area contributed by atoms with Crippen molar-refractivity contribution in [2.75, 3.05) is 0 Å². The Morgan fingerprint density at radius 3 is 2.20 bits per heavy atom. The summed E-state index contributed by atoms with van der Waals surface area (Å²) in [5.74, 6) is 0. The summed E-state index contributed by atoms with van der Waals surface area (Å²) in [5, 5.41) is -1.23. The smallest absolute Gasteiger partial charge is 0.429 e. The summed E-state index contributed by atoms with van der Waals surface area (Å²) in [5.41, 5.74) is 1.65. The van der Waals surface area contributed by atoms with Crippen molar-refractivity contribution in [1.82, 2.24) is 0 Å². The minimum atomic E-state index is -4.09. The zero-order valence-electron chi connectivity index (χ0n) is 10.9. The number of rotatable bonds is 3. The first-order valence-electron chi connectivity index (χ1n) is 6.02. The molecule has 0 aromatic heterocycles. The number of carbonyl (C=O) groups is 1. The van der Waals surface area contributed by atoms with E-state index in [9.17, 15) is 13.2 Å². The summed E-state index contributed by atoms with van der Waals surface area (Å²) in [6.07, 6.45) is 0. The van der Waals surface area contributed by atoms with Gasteiger partial charge in [0.2, 0.25) is 0 Å². The molecular formula is C15H14O4S. The molecule has 0 unspecified atom stereocenters. The fourth-order valence-electron chi connectivity index (χ4n) is 1.61. The van der Waals surface area contributed by atoms with Crippen LogP contribution in [0.15, 0.2) is 59.5 Å². The standard InChI is InChI=1S/C15H14O4S/c1-12-7-9-14(10-8-12)20(17,18)15(16)19-11-13-5-3-2-4-6-13/h2-10H,11H2,1H3. The molecule has 0 bridgehead atoms. The summed E-state index contributed by atoms with van der Waals surface area (Å²) in [7, 11) is -4.09. The Kier molecular flexibility index (Phi) is 4.20. The molecule has 0 heterocycles. The van der Waals surface area contributed by atoms with Gasteiger partial charge in [-0.1, -0.05) is 48.0 Å². The van der Waals surface area contributed by atoms with E-state index in [0.717, 1.165) is 11.1 Å². The van der Waals surface area contributed by atoms with Gasteiger partial charge in [-0.15, -0.1) is 0 Å². The monoisotopic (exact) mass is 290 g/mol. The van der Waals surface area contributed by atoms with E-state index in [1.54, 1.807) is 36.4 Å². The molecule has 0 aliphatic rings. The van der Waals surface area contributed by atoms with Gasteiger partial charge in [-0.05, 0) is 24.6 Å². The molecule has 4 nitrogen and oxygen atoms in total. The third kappa shape index (κ3) is 3.24. The quantitative estimate of drug-likeness (QED) is 0.815. The van der Waals surface area contributed by atoms with Gasteiger partial charge in [0.05, 0.1) is 4.90 Å². The highest BCUT2D eigenvalue weighted by atomic mass is 32.2. The average Bonchev–Trinajstić information content (AvgIpc) is 2.46. The third-order valence-corrected chi connectivity index (χ3v) is 4.20. The predicted octanol–water partition coefficient (Wildman–Crippen LogP) is 3.11. The lowest BCUT2D eigenvalue weighted by atomic mass is 10.2. The van der Waals surface area contributed by atoms with Crippen LogP contribution in [-0.2, 0) is 21.2 Å². The summed E-state index contributed by atoms with van der Waals surface area (Å²) in [6, 6.07) is 15.0. The summed E-state index contributed by atoms with van der Waals surface area (Å²) in [6.45, 7) is 1.77.